The van der Waals surface area contributed by atoms with Crippen LogP contribution >= 0.6 is 23.4 Å². The molecule has 20 heavy (non-hydrogen) atoms. The number of aromatic nitrogens is 2. The Balaban J connectivity index is 1.78. The van der Waals surface area contributed by atoms with Crippen molar-refractivity contribution in [1.82, 2.24) is 9.97 Å². The molecule has 0 unspecified atom stereocenters. The van der Waals surface area contributed by atoms with Gasteiger partial charge in [-0.05, 0) is 18.6 Å². The molecule has 1 aromatic carbocycles. The standard InChI is InChI=1S/C15H15ClN2OS/c1-10-4-2-3-5-13(10)20-9-14-17-12-6-7-19-8-11(12)15(16)18-14/h2-5H,6-9H2,1H3. The van der Waals surface area contributed by atoms with Gasteiger partial charge in [0.15, 0.2) is 0 Å². The highest BCUT2D eigenvalue weighted by atomic mass is 35.5. The Hall–Kier alpha value is -1.10. The fraction of sp³-hybridized carbons (Fsp3) is 0.333. The highest BCUT2D eigenvalue weighted by Gasteiger charge is 2.17. The lowest BCUT2D eigenvalue weighted by Gasteiger charge is -2.17. The van der Waals surface area contributed by atoms with Crippen LogP contribution in [0.1, 0.15) is 22.6 Å². The SMILES string of the molecule is Cc1ccccc1SCc1nc(Cl)c2c(n1)CCOC2. The zero-order chi connectivity index (χ0) is 13.9. The van der Waals surface area contributed by atoms with E-state index in [0.29, 0.717) is 18.4 Å². The van der Waals surface area contributed by atoms with E-state index in [2.05, 4.69) is 29.0 Å². The third kappa shape index (κ3) is 2.97. The average Bonchev–Trinajstić information content (AvgIpc) is 2.46. The van der Waals surface area contributed by atoms with Crippen LogP contribution < -0.4 is 0 Å². The molecule has 5 heteroatoms. The van der Waals surface area contributed by atoms with Crippen molar-refractivity contribution in [2.45, 2.75) is 30.6 Å². The summed E-state index contributed by atoms with van der Waals surface area (Å²) in [5.41, 5.74) is 3.26. The van der Waals surface area contributed by atoms with Crippen molar-refractivity contribution in [3.63, 3.8) is 0 Å². The maximum Gasteiger partial charge on any atom is 0.140 e. The number of hydrogen-bond donors (Lipinski definition) is 0. The first-order valence-electron chi connectivity index (χ1n) is 6.54. The predicted molar refractivity (Wildman–Crippen MR) is 81.1 cm³/mol. The van der Waals surface area contributed by atoms with Gasteiger partial charge in [-0.15, -0.1) is 11.8 Å². The molecule has 1 aromatic heterocycles. The molecule has 0 saturated heterocycles. The minimum atomic E-state index is 0.527. The van der Waals surface area contributed by atoms with Gasteiger partial charge in [0.05, 0.1) is 24.7 Å². The van der Waals surface area contributed by atoms with E-state index in [4.69, 9.17) is 16.3 Å². The molecule has 2 aromatic rings. The van der Waals surface area contributed by atoms with Crippen LogP contribution in [-0.4, -0.2) is 16.6 Å². The van der Waals surface area contributed by atoms with Crippen LogP contribution in [0.5, 0.6) is 0 Å². The number of rotatable bonds is 3. The van der Waals surface area contributed by atoms with Gasteiger partial charge in [-0.1, -0.05) is 29.8 Å². The van der Waals surface area contributed by atoms with Crippen LogP contribution in [0.2, 0.25) is 5.15 Å². The summed E-state index contributed by atoms with van der Waals surface area (Å²) < 4.78 is 5.39. The Morgan fingerprint density at radius 1 is 1.30 bits per heavy atom. The first-order chi connectivity index (χ1) is 9.74. The molecule has 104 valence electrons. The maximum atomic E-state index is 6.22. The Morgan fingerprint density at radius 3 is 3.00 bits per heavy atom. The maximum absolute atomic E-state index is 6.22. The average molecular weight is 307 g/mol. The smallest absolute Gasteiger partial charge is 0.140 e. The molecule has 0 radical (unpaired) electrons. The Kier molecular flexibility index (Phi) is 4.24. The lowest BCUT2D eigenvalue weighted by atomic mass is 10.1. The van der Waals surface area contributed by atoms with Gasteiger partial charge in [-0.3, -0.25) is 0 Å². The number of aryl methyl sites for hydroxylation is 1. The Labute approximate surface area is 127 Å². The number of fused-ring (bicyclic) bond motifs is 1. The van der Waals surface area contributed by atoms with Crippen LogP contribution in [0, 0.1) is 6.92 Å². The topological polar surface area (TPSA) is 35.0 Å². The van der Waals surface area contributed by atoms with Gasteiger partial charge >= 0.3 is 0 Å². The van der Waals surface area contributed by atoms with E-state index in [9.17, 15) is 0 Å². The van der Waals surface area contributed by atoms with Gasteiger partial charge in [-0.25, -0.2) is 9.97 Å². The monoisotopic (exact) mass is 306 g/mol. The van der Waals surface area contributed by atoms with E-state index in [-0.39, 0.29) is 0 Å². The molecule has 1 aliphatic heterocycles. The van der Waals surface area contributed by atoms with E-state index in [1.165, 1.54) is 10.5 Å². The van der Waals surface area contributed by atoms with Crippen LogP contribution in [0.3, 0.4) is 0 Å². The van der Waals surface area contributed by atoms with E-state index < -0.39 is 0 Å². The second-order valence-corrected chi connectivity index (χ2v) is 6.09. The van der Waals surface area contributed by atoms with Crippen molar-refractivity contribution in [2.24, 2.45) is 0 Å². The fourth-order valence-electron chi connectivity index (χ4n) is 2.17. The minimum Gasteiger partial charge on any atom is -0.376 e. The van der Waals surface area contributed by atoms with E-state index in [1.807, 2.05) is 12.1 Å². The summed E-state index contributed by atoms with van der Waals surface area (Å²) in [6.45, 7) is 3.35. The Bertz CT molecular complexity index is 633. The van der Waals surface area contributed by atoms with Gasteiger partial charge < -0.3 is 4.74 Å². The number of nitrogens with zero attached hydrogens (tertiary/aromatic N) is 2. The molecule has 0 amide bonds. The highest BCUT2D eigenvalue weighted by molar-refractivity contribution is 7.98. The summed E-state index contributed by atoms with van der Waals surface area (Å²) in [6.07, 6.45) is 0.819. The lowest BCUT2D eigenvalue weighted by molar-refractivity contribution is 0.109. The van der Waals surface area contributed by atoms with Crippen molar-refractivity contribution >= 4 is 23.4 Å². The summed E-state index contributed by atoms with van der Waals surface area (Å²) >= 11 is 7.96. The Morgan fingerprint density at radius 2 is 2.15 bits per heavy atom. The molecule has 0 bridgehead atoms. The number of benzene rings is 1. The molecule has 3 nitrogen and oxygen atoms in total. The predicted octanol–water partition coefficient (Wildman–Crippen LogP) is 3.80. The van der Waals surface area contributed by atoms with Gasteiger partial charge in [0.2, 0.25) is 0 Å². The van der Waals surface area contributed by atoms with Gasteiger partial charge in [-0.2, -0.15) is 0 Å². The zero-order valence-corrected chi connectivity index (χ0v) is 12.8. The van der Waals surface area contributed by atoms with Gasteiger partial charge in [0, 0.05) is 16.9 Å². The molecule has 3 rings (SSSR count). The number of hydrogen-bond acceptors (Lipinski definition) is 4. The van der Waals surface area contributed by atoms with Crippen LogP contribution in [0.15, 0.2) is 29.2 Å². The third-order valence-corrected chi connectivity index (χ3v) is 4.75. The van der Waals surface area contributed by atoms with Gasteiger partial charge in [0.25, 0.3) is 0 Å². The lowest BCUT2D eigenvalue weighted by Crippen LogP contribution is -2.14. The van der Waals surface area contributed by atoms with Crippen LogP contribution in [0.4, 0.5) is 0 Å². The van der Waals surface area contributed by atoms with E-state index in [1.54, 1.807) is 11.8 Å². The van der Waals surface area contributed by atoms with Crippen molar-refractivity contribution < 1.29 is 4.74 Å². The summed E-state index contributed by atoms with van der Waals surface area (Å²) in [6, 6.07) is 8.33. The molecule has 2 heterocycles. The molecular formula is C15H15ClN2OS. The summed E-state index contributed by atoms with van der Waals surface area (Å²) in [5.74, 6) is 1.53. The van der Waals surface area contributed by atoms with Crippen molar-refractivity contribution in [3.8, 4) is 0 Å². The zero-order valence-electron chi connectivity index (χ0n) is 11.2. The van der Waals surface area contributed by atoms with Crippen LogP contribution in [-0.2, 0) is 23.5 Å². The van der Waals surface area contributed by atoms with Crippen molar-refractivity contribution in [2.75, 3.05) is 6.61 Å². The number of ether oxygens (including phenoxy) is 1. The molecule has 0 saturated carbocycles. The first-order valence-corrected chi connectivity index (χ1v) is 7.91. The van der Waals surface area contributed by atoms with E-state index >= 15 is 0 Å². The molecule has 0 aliphatic carbocycles. The number of thioether (sulfide) groups is 1. The molecule has 0 N–H and O–H groups in total. The molecule has 0 fully saturated rings. The quantitative estimate of drug-likeness (QED) is 0.638. The number of halogens is 1. The molecule has 0 atom stereocenters. The molecular weight excluding hydrogens is 292 g/mol. The second-order valence-electron chi connectivity index (χ2n) is 4.71. The third-order valence-electron chi connectivity index (χ3n) is 3.27. The summed E-state index contributed by atoms with van der Waals surface area (Å²) in [5, 5.41) is 0.537. The summed E-state index contributed by atoms with van der Waals surface area (Å²) in [7, 11) is 0. The minimum absolute atomic E-state index is 0.527. The fourth-order valence-corrected chi connectivity index (χ4v) is 3.31. The van der Waals surface area contributed by atoms with Crippen molar-refractivity contribution in [3.05, 3.63) is 52.1 Å². The summed E-state index contributed by atoms with van der Waals surface area (Å²) in [4.78, 5) is 10.3. The first kappa shape index (κ1) is 13.9. The van der Waals surface area contributed by atoms with Gasteiger partial charge in [0.1, 0.15) is 11.0 Å². The van der Waals surface area contributed by atoms with Crippen LogP contribution in [0.25, 0.3) is 0 Å². The van der Waals surface area contributed by atoms with E-state index in [0.717, 1.165) is 29.3 Å². The van der Waals surface area contributed by atoms with Crippen molar-refractivity contribution in [1.29, 1.82) is 0 Å². The normalized spacial score (nSPS) is 14.1. The molecule has 0 spiro atoms. The highest BCUT2D eigenvalue weighted by Crippen LogP contribution is 2.27. The second kappa shape index (κ2) is 6.12. The molecule has 1 aliphatic rings. The largest absolute Gasteiger partial charge is 0.376 e.